The molecule has 3 saturated heterocycles. The Morgan fingerprint density at radius 1 is 1.20 bits per heavy atom. The van der Waals surface area contributed by atoms with E-state index in [4.69, 9.17) is 0 Å². The number of rotatable bonds is 2. The second-order valence-electron chi connectivity index (χ2n) is 8.85. The summed E-state index contributed by atoms with van der Waals surface area (Å²) in [6.07, 6.45) is 0.288. The normalized spacial score (nSPS) is 34.2. The molecule has 4 rings (SSSR count). The molecule has 0 bridgehead atoms. The molecular formula is C22H29N3O5. The van der Waals surface area contributed by atoms with Gasteiger partial charge in [0, 0.05) is 33.0 Å². The van der Waals surface area contributed by atoms with Gasteiger partial charge >= 0.3 is 0 Å². The SMILES string of the molecule is CC(=O)N1C[C@H](O)C[C@H]1C(=O)N1CCC[C@@]2(C[C@@H](O)[C@H](c3ccccc3)NC2=O)C1. The number of nitrogens with one attached hydrogen (secondary N) is 1. The summed E-state index contributed by atoms with van der Waals surface area (Å²) in [6, 6.07) is 8.23. The Morgan fingerprint density at radius 2 is 1.93 bits per heavy atom. The molecule has 5 atom stereocenters. The summed E-state index contributed by atoms with van der Waals surface area (Å²) in [6.45, 7) is 2.27. The third-order valence-electron chi connectivity index (χ3n) is 6.77. The molecule has 0 unspecified atom stereocenters. The molecule has 3 aliphatic rings. The van der Waals surface area contributed by atoms with E-state index in [1.165, 1.54) is 11.8 Å². The molecule has 1 aromatic carbocycles. The molecule has 3 aliphatic heterocycles. The van der Waals surface area contributed by atoms with E-state index >= 15 is 0 Å². The molecule has 1 spiro atoms. The number of carbonyl (C=O) groups is 3. The molecule has 0 radical (unpaired) electrons. The lowest BCUT2D eigenvalue weighted by Gasteiger charge is -2.48. The minimum Gasteiger partial charge on any atom is -0.391 e. The van der Waals surface area contributed by atoms with Crippen LogP contribution in [0.15, 0.2) is 30.3 Å². The van der Waals surface area contributed by atoms with Gasteiger partial charge in [-0.05, 0) is 24.8 Å². The second-order valence-corrected chi connectivity index (χ2v) is 8.85. The van der Waals surface area contributed by atoms with E-state index in [0.717, 1.165) is 5.56 Å². The number of β-amino-alcohol motifs (C(OH)–C–C–N with tert-alkyl or cyclic N) is 1. The fourth-order valence-electron chi connectivity index (χ4n) is 5.25. The molecule has 8 heteroatoms. The first-order valence-corrected chi connectivity index (χ1v) is 10.6. The van der Waals surface area contributed by atoms with Crippen LogP contribution in [-0.2, 0) is 14.4 Å². The predicted molar refractivity (Wildman–Crippen MR) is 108 cm³/mol. The standard InChI is InChI=1S/C22H29N3O5/c1-14(26)25-12-16(27)10-17(25)20(29)24-9-5-8-22(13-24)11-18(28)19(23-21(22)30)15-6-3-2-4-7-15/h2-4,6-7,16-19,27-28H,5,8-13H2,1H3,(H,23,30)/t16-,17+,18-,19+,22-/m1/s1. The lowest BCUT2D eigenvalue weighted by Crippen LogP contribution is -2.61. The van der Waals surface area contributed by atoms with Crippen molar-refractivity contribution in [2.24, 2.45) is 5.41 Å². The first-order valence-electron chi connectivity index (χ1n) is 10.6. The molecule has 30 heavy (non-hydrogen) atoms. The van der Waals surface area contributed by atoms with E-state index < -0.39 is 29.7 Å². The quantitative estimate of drug-likeness (QED) is 0.639. The van der Waals surface area contributed by atoms with E-state index in [0.29, 0.717) is 19.4 Å². The number of aliphatic hydroxyl groups is 2. The fourth-order valence-corrected chi connectivity index (χ4v) is 5.25. The Labute approximate surface area is 175 Å². The predicted octanol–water partition coefficient (Wildman–Crippen LogP) is 0.199. The molecule has 0 aromatic heterocycles. The molecule has 3 N–H and O–H groups in total. The highest BCUT2D eigenvalue weighted by Crippen LogP contribution is 2.42. The maximum atomic E-state index is 13.2. The van der Waals surface area contributed by atoms with Crippen molar-refractivity contribution in [2.45, 2.75) is 56.9 Å². The monoisotopic (exact) mass is 415 g/mol. The van der Waals surface area contributed by atoms with Crippen LogP contribution in [0.1, 0.15) is 44.2 Å². The summed E-state index contributed by atoms with van der Waals surface area (Å²) in [5.41, 5.74) is 0.0191. The molecular weight excluding hydrogens is 386 g/mol. The van der Waals surface area contributed by atoms with Crippen LogP contribution in [0.4, 0.5) is 0 Å². The van der Waals surface area contributed by atoms with Gasteiger partial charge in [0.05, 0.1) is 23.7 Å². The van der Waals surface area contributed by atoms with E-state index in [2.05, 4.69) is 5.32 Å². The molecule has 3 amide bonds. The number of hydrogen-bond donors (Lipinski definition) is 3. The van der Waals surface area contributed by atoms with Gasteiger partial charge < -0.3 is 25.3 Å². The van der Waals surface area contributed by atoms with Gasteiger partial charge in [-0.1, -0.05) is 30.3 Å². The summed E-state index contributed by atoms with van der Waals surface area (Å²) >= 11 is 0. The highest BCUT2D eigenvalue weighted by Gasteiger charge is 2.51. The zero-order chi connectivity index (χ0) is 21.5. The number of piperidine rings is 2. The number of amides is 3. The maximum Gasteiger partial charge on any atom is 0.245 e. The van der Waals surface area contributed by atoms with Gasteiger partial charge in [0.25, 0.3) is 0 Å². The number of hydrogen-bond acceptors (Lipinski definition) is 5. The van der Waals surface area contributed by atoms with Gasteiger partial charge in [0.15, 0.2) is 0 Å². The van der Waals surface area contributed by atoms with Gasteiger partial charge in [0.1, 0.15) is 6.04 Å². The maximum absolute atomic E-state index is 13.2. The molecule has 0 saturated carbocycles. The van der Waals surface area contributed by atoms with Crippen molar-refractivity contribution in [1.29, 1.82) is 0 Å². The van der Waals surface area contributed by atoms with Crippen molar-refractivity contribution >= 4 is 17.7 Å². The van der Waals surface area contributed by atoms with Crippen LogP contribution in [0.25, 0.3) is 0 Å². The number of aliphatic hydroxyl groups excluding tert-OH is 2. The minimum absolute atomic E-state index is 0.144. The summed E-state index contributed by atoms with van der Waals surface area (Å²) in [5, 5.41) is 23.8. The zero-order valence-corrected chi connectivity index (χ0v) is 17.2. The number of nitrogens with zero attached hydrogens (tertiary/aromatic N) is 2. The van der Waals surface area contributed by atoms with Crippen LogP contribution >= 0.6 is 0 Å². The Bertz CT molecular complexity index is 831. The van der Waals surface area contributed by atoms with Crippen LogP contribution in [0, 0.1) is 5.41 Å². The van der Waals surface area contributed by atoms with Crippen LogP contribution in [-0.4, -0.2) is 75.6 Å². The third kappa shape index (κ3) is 3.70. The van der Waals surface area contributed by atoms with Crippen LogP contribution in [0.2, 0.25) is 0 Å². The third-order valence-corrected chi connectivity index (χ3v) is 6.77. The number of likely N-dealkylation sites (tertiary alicyclic amines) is 2. The summed E-state index contributed by atoms with van der Waals surface area (Å²) in [5.74, 6) is -0.615. The average Bonchev–Trinajstić information content (AvgIpc) is 3.13. The Morgan fingerprint density at radius 3 is 2.63 bits per heavy atom. The Hall–Kier alpha value is -2.45. The van der Waals surface area contributed by atoms with Gasteiger partial charge in [-0.2, -0.15) is 0 Å². The van der Waals surface area contributed by atoms with Crippen molar-refractivity contribution in [2.75, 3.05) is 19.6 Å². The lowest BCUT2D eigenvalue weighted by atomic mass is 9.70. The average molecular weight is 415 g/mol. The van der Waals surface area contributed by atoms with E-state index in [1.54, 1.807) is 4.90 Å². The summed E-state index contributed by atoms with van der Waals surface area (Å²) in [4.78, 5) is 41.3. The Kier molecular flexibility index (Phi) is 5.55. The van der Waals surface area contributed by atoms with Gasteiger partial charge in [-0.15, -0.1) is 0 Å². The van der Waals surface area contributed by atoms with Gasteiger partial charge in [0.2, 0.25) is 17.7 Å². The van der Waals surface area contributed by atoms with Crippen molar-refractivity contribution in [1.82, 2.24) is 15.1 Å². The minimum atomic E-state index is -0.836. The van der Waals surface area contributed by atoms with E-state index in [9.17, 15) is 24.6 Å². The fraction of sp³-hybridized carbons (Fsp3) is 0.591. The lowest BCUT2D eigenvalue weighted by molar-refractivity contribution is -0.153. The molecule has 8 nitrogen and oxygen atoms in total. The van der Waals surface area contributed by atoms with E-state index in [-0.39, 0.29) is 43.7 Å². The van der Waals surface area contributed by atoms with Crippen molar-refractivity contribution in [3.63, 3.8) is 0 Å². The first-order chi connectivity index (χ1) is 14.3. The van der Waals surface area contributed by atoms with Crippen molar-refractivity contribution in [3.8, 4) is 0 Å². The topological polar surface area (TPSA) is 110 Å². The number of benzene rings is 1. The van der Waals surface area contributed by atoms with E-state index in [1.807, 2.05) is 30.3 Å². The van der Waals surface area contributed by atoms with Crippen LogP contribution < -0.4 is 5.32 Å². The summed E-state index contributed by atoms with van der Waals surface area (Å²) in [7, 11) is 0. The Balaban J connectivity index is 1.50. The van der Waals surface area contributed by atoms with Crippen LogP contribution in [0.5, 0.6) is 0 Å². The smallest absolute Gasteiger partial charge is 0.245 e. The molecule has 0 aliphatic carbocycles. The first kappa shape index (κ1) is 20.8. The van der Waals surface area contributed by atoms with Gasteiger partial charge in [-0.3, -0.25) is 14.4 Å². The largest absolute Gasteiger partial charge is 0.391 e. The van der Waals surface area contributed by atoms with Crippen LogP contribution in [0.3, 0.4) is 0 Å². The molecule has 3 fully saturated rings. The highest BCUT2D eigenvalue weighted by atomic mass is 16.3. The highest BCUT2D eigenvalue weighted by molar-refractivity contribution is 5.89. The zero-order valence-electron chi connectivity index (χ0n) is 17.2. The second kappa shape index (κ2) is 8.00. The molecule has 162 valence electrons. The van der Waals surface area contributed by atoms with Crippen molar-refractivity contribution in [3.05, 3.63) is 35.9 Å². The van der Waals surface area contributed by atoms with Crippen molar-refractivity contribution < 1.29 is 24.6 Å². The molecule has 3 heterocycles. The molecule has 1 aromatic rings. The van der Waals surface area contributed by atoms with Gasteiger partial charge in [-0.25, -0.2) is 0 Å². The summed E-state index contributed by atoms with van der Waals surface area (Å²) < 4.78 is 0. The number of carbonyl (C=O) groups excluding carboxylic acids is 3.